The molecule has 2 aromatic heterocycles. The van der Waals surface area contributed by atoms with Crippen LogP contribution in [-0.4, -0.2) is 33.9 Å². The summed E-state index contributed by atoms with van der Waals surface area (Å²) in [5.74, 6) is -1.88. The Kier molecular flexibility index (Phi) is 7.42. The maximum atomic E-state index is 14.7. The van der Waals surface area contributed by atoms with Gasteiger partial charge in [-0.2, -0.15) is 0 Å². The van der Waals surface area contributed by atoms with Crippen molar-refractivity contribution in [3.8, 4) is 0 Å². The average molecular weight is 498 g/mol. The van der Waals surface area contributed by atoms with Crippen LogP contribution in [0.1, 0.15) is 46.4 Å². The number of nitrogens with two attached hydrogens (primary N) is 2. The Bertz CT molecular complexity index is 1240. The van der Waals surface area contributed by atoms with Crippen LogP contribution in [0.15, 0.2) is 48.8 Å². The summed E-state index contributed by atoms with van der Waals surface area (Å²) >= 11 is 5.87. The van der Waals surface area contributed by atoms with Crippen LogP contribution in [0, 0.1) is 5.82 Å². The Labute approximate surface area is 206 Å². The van der Waals surface area contributed by atoms with Gasteiger partial charge < -0.3 is 27.4 Å². The summed E-state index contributed by atoms with van der Waals surface area (Å²) in [7, 11) is 0. The molecule has 35 heavy (non-hydrogen) atoms. The maximum Gasteiger partial charge on any atom is 0.255 e. The maximum absolute atomic E-state index is 14.7. The zero-order chi connectivity index (χ0) is 24.9. The second-order valence-electron chi connectivity index (χ2n) is 8.33. The predicted molar refractivity (Wildman–Crippen MR) is 133 cm³/mol. The fourth-order valence-electron chi connectivity index (χ4n) is 3.91. The van der Waals surface area contributed by atoms with Crippen molar-refractivity contribution in [1.29, 1.82) is 0 Å². The Hall–Kier alpha value is -3.76. The number of carbonyl (C=O) groups excluding carboxylic acids is 2. The largest absolute Gasteiger partial charge is 0.365 e. The smallest absolute Gasteiger partial charge is 0.255 e. The van der Waals surface area contributed by atoms with E-state index < -0.39 is 11.7 Å². The van der Waals surface area contributed by atoms with E-state index in [1.165, 1.54) is 12.4 Å². The Morgan fingerprint density at radius 2 is 1.74 bits per heavy atom. The van der Waals surface area contributed by atoms with Crippen LogP contribution < -0.4 is 27.4 Å². The highest BCUT2D eigenvalue weighted by Crippen LogP contribution is 2.27. The van der Waals surface area contributed by atoms with Gasteiger partial charge >= 0.3 is 0 Å². The van der Waals surface area contributed by atoms with Crippen LogP contribution in [-0.2, 0) is 0 Å². The van der Waals surface area contributed by atoms with Crippen molar-refractivity contribution in [3.05, 3.63) is 70.8 Å². The second-order valence-corrected chi connectivity index (χ2v) is 8.76. The molecule has 7 N–H and O–H groups in total. The van der Waals surface area contributed by atoms with Crippen LogP contribution in [0.2, 0.25) is 5.02 Å². The lowest BCUT2D eigenvalue weighted by molar-refractivity contribution is 0.0997. The first-order chi connectivity index (χ1) is 16.8. The number of nitrogens with zero attached hydrogens (tertiary/aromatic N) is 2. The van der Waals surface area contributed by atoms with Crippen LogP contribution in [0.5, 0.6) is 0 Å². The van der Waals surface area contributed by atoms with Crippen LogP contribution in [0.3, 0.4) is 0 Å². The highest BCUT2D eigenvalue weighted by atomic mass is 35.5. The fraction of sp³-hybridized carbons (Fsp3) is 0.250. The third-order valence-electron chi connectivity index (χ3n) is 5.75. The minimum absolute atomic E-state index is 0.0278. The van der Waals surface area contributed by atoms with E-state index in [0.29, 0.717) is 22.0 Å². The molecule has 9 nitrogen and oxygen atoms in total. The molecule has 0 aliphatic heterocycles. The molecule has 2 amide bonds. The van der Waals surface area contributed by atoms with E-state index in [1.807, 2.05) is 0 Å². The zero-order valence-electron chi connectivity index (χ0n) is 18.7. The molecule has 2 heterocycles. The van der Waals surface area contributed by atoms with Gasteiger partial charge in [0.15, 0.2) is 11.6 Å². The summed E-state index contributed by atoms with van der Waals surface area (Å²) in [5, 5.41) is 9.27. The molecular weight excluding hydrogens is 473 g/mol. The number of nitrogens with one attached hydrogen (secondary N) is 3. The number of aromatic nitrogens is 2. The van der Waals surface area contributed by atoms with Gasteiger partial charge in [-0.15, -0.1) is 0 Å². The number of benzene rings is 1. The number of hydrogen-bond acceptors (Lipinski definition) is 7. The number of halogens is 2. The third kappa shape index (κ3) is 6.03. The second kappa shape index (κ2) is 10.7. The van der Waals surface area contributed by atoms with Crippen molar-refractivity contribution < 1.29 is 14.0 Å². The molecule has 1 aliphatic rings. The number of hydrogen-bond donors (Lipinski definition) is 5. The SMILES string of the molecule is NC(=O)c1cc(F)c(N[C@@H]2CCCC[C@@H]2N)nc1Nc1cncc(NC(=O)c2ccc(Cl)cc2)c1. The van der Waals surface area contributed by atoms with E-state index in [4.69, 9.17) is 23.1 Å². The summed E-state index contributed by atoms with van der Waals surface area (Å²) in [6.45, 7) is 0. The highest BCUT2D eigenvalue weighted by Gasteiger charge is 2.24. The first-order valence-corrected chi connectivity index (χ1v) is 11.5. The van der Waals surface area contributed by atoms with Crippen molar-refractivity contribution in [2.24, 2.45) is 11.5 Å². The monoisotopic (exact) mass is 497 g/mol. The lowest BCUT2D eigenvalue weighted by atomic mass is 9.91. The van der Waals surface area contributed by atoms with Gasteiger partial charge in [-0.25, -0.2) is 9.37 Å². The lowest BCUT2D eigenvalue weighted by Crippen LogP contribution is -2.43. The molecule has 3 aromatic rings. The number of anilines is 4. The average Bonchev–Trinajstić information content (AvgIpc) is 2.83. The molecule has 182 valence electrons. The van der Waals surface area contributed by atoms with Crippen molar-refractivity contribution >= 4 is 46.4 Å². The van der Waals surface area contributed by atoms with E-state index in [2.05, 4.69) is 25.9 Å². The molecular formula is C24H25ClFN7O2. The molecule has 0 bridgehead atoms. The Morgan fingerprint density at radius 1 is 1.03 bits per heavy atom. The fourth-order valence-corrected chi connectivity index (χ4v) is 4.03. The summed E-state index contributed by atoms with van der Waals surface area (Å²) in [6.07, 6.45) is 6.57. The van der Waals surface area contributed by atoms with Crippen molar-refractivity contribution in [3.63, 3.8) is 0 Å². The van der Waals surface area contributed by atoms with Crippen molar-refractivity contribution in [2.75, 3.05) is 16.0 Å². The van der Waals surface area contributed by atoms with Crippen molar-refractivity contribution in [2.45, 2.75) is 37.8 Å². The first kappa shape index (κ1) is 24.4. The molecule has 0 unspecified atom stereocenters. The molecule has 1 aliphatic carbocycles. The number of rotatable bonds is 7. The predicted octanol–water partition coefficient (Wildman–Crippen LogP) is 4.05. The Morgan fingerprint density at radius 3 is 2.46 bits per heavy atom. The molecule has 1 aromatic carbocycles. The van der Waals surface area contributed by atoms with E-state index in [9.17, 15) is 14.0 Å². The first-order valence-electron chi connectivity index (χ1n) is 11.1. The minimum Gasteiger partial charge on any atom is -0.365 e. The molecule has 2 atom stereocenters. The van der Waals surface area contributed by atoms with Crippen LogP contribution in [0.4, 0.5) is 27.4 Å². The minimum atomic E-state index is -0.847. The van der Waals surface area contributed by atoms with Gasteiger partial charge in [0.05, 0.1) is 29.3 Å². The van der Waals surface area contributed by atoms with Gasteiger partial charge in [-0.1, -0.05) is 24.4 Å². The molecule has 0 radical (unpaired) electrons. The number of amides is 2. The molecule has 0 spiro atoms. The van der Waals surface area contributed by atoms with Crippen LogP contribution in [0.25, 0.3) is 0 Å². The van der Waals surface area contributed by atoms with Crippen LogP contribution >= 0.6 is 11.6 Å². The van der Waals surface area contributed by atoms with Gasteiger partial charge in [-0.05, 0) is 49.2 Å². The summed E-state index contributed by atoms with van der Waals surface area (Å²) in [5.41, 5.74) is 12.7. The molecule has 11 heteroatoms. The van der Waals surface area contributed by atoms with E-state index in [1.54, 1.807) is 30.3 Å². The van der Waals surface area contributed by atoms with Gasteiger partial charge in [0.2, 0.25) is 0 Å². The topological polar surface area (TPSA) is 148 Å². The Balaban J connectivity index is 1.56. The van der Waals surface area contributed by atoms with Gasteiger partial charge in [0.25, 0.3) is 11.8 Å². The van der Waals surface area contributed by atoms with Gasteiger partial charge in [0, 0.05) is 22.7 Å². The van der Waals surface area contributed by atoms with Gasteiger partial charge in [-0.3, -0.25) is 14.6 Å². The molecule has 1 saturated carbocycles. The van der Waals surface area contributed by atoms with E-state index in [0.717, 1.165) is 31.7 Å². The van der Waals surface area contributed by atoms with Gasteiger partial charge in [0.1, 0.15) is 5.82 Å². The molecule has 4 rings (SSSR count). The highest BCUT2D eigenvalue weighted by molar-refractivity contribution is 6.30. The zero-order valence-corrected chi connectivity index (χ0v) is 19.5. The number of primary amides is 1. The standard InChI is InChI=1S/C24H25ClFN7O2/c25-14-7-5-13(6-8-14)24(35)31-16-9-15(11-29-12-16)30-22-17(21(28)34)10-18(26)23(33-22)32-20-4-2-1-3-19(20)27/h5-12,19-20H,1-4,27H2,(H2,28,34)(H,31,35)(H2,30,32,33)/t19-,20+/m0/s1. The lowest BCUT2D eigenvalue weighted by Gasteiger charge is -2.30. The molecule has 1 fully saturated rings. The molecule has 0 saturated heterocycles. The summed E-state index contributed by atoms with van der Waals surface area (Å²) in [4.78, 5) is 32.9. The normalized spacial score (nSPS) is 17.5. The third-order valence-corrected chi connectivity index (χ3v) is 6.00. The number of pyridine rings is 2. The number of carbonyl (C=O) groups is 2. The summed E-state index contributed by atoms with van der Waals surface area (Å²) < 4.78 is 14.7. The van der Waals surface area contributed by atoms with E-state index >= 15 is 0 Å². The van der Waals surface area contributed by atoms with Crippen molar-refractivity contribution in [1.82, 2.24) is 9.97 Å². The summed E-state index contributed by atoms with van der Waals surface area (Å²) in [6, 6.07) is 8.81. The van der Waals surface area contributed by atoms with E-state index in [-0.39, 0.29) is 35.2 Å². The quantitative estimate of drug-likeness (QED) is 0.330.